The highest BCUT2D eigenvalue weighted by atomic mass is 15.4. The molecule has 3 aromatic rings. The second-order valence-electron chi connectivity index (χ2n) is 5.12. The average Bonchev–Trinajstić information content (AvgIpc) is 2.89. The summed E-state index contributed by atoms with van der Waals surface area (Å²) >= 11 is 0. The van der Waals surface area contributed by atoms with Crippen LogP contribution in [0.1, 0.15) is 17.4 Å². The van der Waals surface area contributed by atoms with Crippen molar-refractivity contribution in [2.75, 3.05) is 5.32 Å². The molecule has 2 aromatic carbocycles. The van der Waals surface area contributed by atoms with Gasteiger partial charge >= 0.3 is 0 Å². The highest BCUT2D eigenvalue weighted by molar-refractivity contribution is 5.78. The van der Waals surface area contributed by atoms with Gasteiger partial charge in [-0.15, -0.1) is 0 Å². The van der Waals surface area contributed by atoms with Crippen LogP contribution in [0.5, 0.6) is 0 Å². The van der Waals surface area contributed by atoms with Gasteiger partial charge in [0.15, 0.2) is 0 Å². The van der Waals surface area contributed by atoms with E-state index in [1.165, 1.54) is 16.8 Å². The Morgan fingerprint density at radius 1 is 1.00 bits per heavy atom. The number of nitrogens with zero attached hydrogens (tertiary/aromatic N) is 2. The second-order valence-corrected chi connectivity index (χ2v) is 5.12. The van der Waals surface area contributed by atoms with Crippen LogP contribution in [0, 0.1) is 6.92 Å². The van der Waals surface area contributed by atoms with E-state index in [9.17, 15) is 0 Å². The van der Waals surface area contributed by atoms with Gasteiger partial charge in [-0.2, -0.15) is 5.10 Å². The summed E-state index contributed by atoms with van der Waals surface area (Å²) in [5, 5.41) is 8.25. The minimum Gasteiger partial charge on any atom is -0.359 e. The third-order valence-corrected chi connectivity index (χ3v) is 3.71. The molecular formula is C17H15N3. The summed E-state index contributed by atoms with van der Waals surface area (Å²) in [5.41, 5.74) is 5.80. The Labute approximate surface area is 117 Å². The van der Waals surface area contributed by atoms with E-state index in [-0.39, 0.29) is 6.17 Å². The molecule has 4 rings (SSSR count). The fourth-order valence-corrected chi connectivity index (χ4v) is 2.82. The monoisotopic (exact) mass is 261 g/mol. The molecule has 3 heteroatoms. The molecule has 3 nitrogen and oxygen atoms in total. The van der Waals surface area contributed by atoms with Crippen LogP contribution >= 0.6 is 0 Å². The molecule has 20 heavy (non-hydrogen) atoms. The Hall–Kier alpha value is -2.55. The van der Waals surface area contributed by atoms with Crippen molar-refractivity contribution in [1.82, 2.24) is 9.78 Å². The van der Waals surface area contributed by atoms with Gasteiger partial charge < -0.3 is 5.32 Å². The molecule has 1 aliphatic heterocycles. The highest BCUT2D eigenvalue weighted by Gasteiger charge is 2.25. The molecule has 0 fully saturated rings. The van der Waals surface area contributed by atoms with Gasteiger partial charge in [-0.3, -0.25) is 0 Å². The van der Waals surface area contributed by atoms with E-state index >= 15 is 0 Å². The third kappa shape index (κ3) is 1.63. The second kappa shape index (κ2) is 4.23. The number of fused-ring (bicyclic) bond motifs is 3. The quantitative estimate of drug-likeness (QED) is 0.721. The fourth-order valence-electron chi connectivity index (χ4n) is 2.82. The number of hydrogen-bond acceptors (Lipinski definition) is 2. The largest absolute Gasteiger partial charge is 0.359 e. The van der Waals surface area contributed by atoms with Crippen molar-refractivity contribution >= 4 is 5.69 Å². The van der Waals surface area contributed by atoms with Crippen LogP contribution in [-0.4, -0.2) is 9.78 Å². The first kappa shape index (κ1) is 11.3. The third-order valence-electron chi connectivity index (χ3n) is 3.71. The van der Waals surface area contributed by atoms with Crippen molar-refractivity contribution in [2.45, 2.75) is 13.1 Å². The average molecular weight is 261 g/mol. The Balaban J connectivity index is 1.93. The lowest BCUT2D eigenvalue weighted by Gasteiger charge is -2.29. The molecule has 0 saturated carbocycles. The maximum absolute atomic E-state index is 4.66. The lowest BCUT2D eigenvalue weighted by atomic mass is 10.0. The Bertz CT molecular complexity index is 759. The summed E-state index contributed by atoms with van der Waals surface area (Å²) in [5.74, 6) is 0. The van der Waals surface area contributed by atoms with Crippen LogP contribution in [0.4, 0.5) is 5.69 Å². The molecule has 2 heterocycles. The maximum atomic E-state index is 4.66. The van der Waals surface area contributed by atoms with Crippen LogP contribution in [0.3, 0.4) is 0 Å². The normalized spacial score (nSPS) is 16.1. The molecule has 1 aliphatic rings. The van der Waals surface area contributed by atoms with Gasteiger partial charge in [0.1, 0.15) is 6.17 Å². The van der Waals surface area contributed by atoms with Crippen molar-refractivity contribution in [3.05, 3.63) is 71.9 Å². The van der Waals surface area contributed by atoms with Gasteiger partial charge in [0.05, 0.1) is 11.4 Å². The van der Waals surface area contributed by atoms with E-state index in [2.05, 4.69) is 69.7 Å². The molecule has 1 N–H and O–H groups in total. The number of anilines is 1. The molecule has 0 unspecified atom stereocenters. The first-order valence-electron chi connectivity index (χ1n) is 6.80. The van der Waals surface area contributed by atoms with Gasteiger partial charge in [-0.05, 0) is 24.6 Å². The first-order valence-corrected chi connectivity index (χ1v) is 6.80. The molecule has 0 radical (unpaired) electrons. The summed E-state index contributed by atoms with van der Waals surface area (Å²) in [6.07, 6.45) is 0.0507. The van der Waals surface area contributed by atoms with Gasteiger partial charge in [0.25, 0.3) is 0 Å². The molecule has 0 saturated heterocycles. The van der Waals surface area contributed by atoms with Crippen LogP contribution in [0.25, 0.3) is 11.3 Å². The van der Waals surface area contributed by atoms with E-state index in [0.717, 1.165) is 11.4 Å². The number of para-hydroxylation sites is 1. The minimum absolute atomic E-state index is 0.0507. The molecule has 98 valence electrons. The highest BCUT2D eigenvalue weighted by Crippen LogP contribution is 2.38. The van der Waals surface area contributed by atoms with Crippen molar-refractivity contribution in [3.63, 3.8) is 0 Å². The number of benzene rings is 2. The van der Waals surface area contributed by atoms with Crippen LogP contribution in [0.2, 0.25) is 0 Å². The molecule has 0 bridgehead atoms. The van der Waals surface area contributed by atoms with Crippen LogP contribution in [0.15, 0.2) is 60.7 Å². The summed E-state index contributed by atoms with van der Waals surface area (Å²) in [4.78, 5) is 0. The topological polar surface area (TPSA) is 29.9 Å². The Morgan fingerprint density at radius 3 is 2.60 bits per heavy atom. The minimum atomic E-state index is 0.0507. The van der Waals surface area contributed by atoms with Crippen molar-refractivity contribution in [3.8, 4) is 11.3 Å². The van der Waals surface area contributed by atoms with Crippen molar-refractivity contribution < 1.29 is 0 Å². The SMILES string of the molecule is Cc1cc2n(n1)[C@@H](c1ccccc1)Nc1ccccc1-2. The van der Waals surface area contributed by atoms with Gasteiger partial charge in [-0.25, -0.2) is 4.68 Å². The Morgan fingerprint density at radius 2 is 1.75 bits per heavy atom. The smallest absolute Gasteiger partial charge is 0.147 e. The van der Waals surface area contributed by atoms with E-state index < -0.39 is 0 Å². The predicted octanol–water partition coefficient (Wildman–Crippen LogP) is 3.83. The first-order chi connectivity index (χ1) is 9.83. The molecule has 0 amide bonds. The lowest BCUT2D eigenvalue weighted by Crippen LogP contribution is -2.25. The van der Waals surface area contributed by atoms with E-state index in [0.29, 0.717) is 0 Å². The molecular weight excluding hydrogens is 246 g/mol. The van der Waals surface area contributed by atoms with Crippen LogP contribution in [-0.2, 0) is 0 Å². The zero-order chi connectivity index (χ0) is 13.5. The predicted molar refractivity (Wildman–Crippen MR) is 80.6 cm³/mol. The molecule has 0 spiro atoms. The van der Waals surface area contributed by atoms with Gasteiger partial charge in [0, 0.05) is 11.3 Å². The fraction of sp³-hybridized carbons (Fsp3) is 0.118. The van der Waals surface area contributed by atoms with Crippen molar-refractivity contribution in [1.29, 1.82) is 0 Å². The lowest BCUT2D eigenvalue weighted by molar-refractivity contribution is 0.571. The van der Waals surface area contributed by atoms with E-state index in [1.807, 2.05) is 13.0 Å². The number of aryl methyl sites for hydroxylation is 1. The van der Waals surface area contributed by atoms with Crippen LogP contribution < -0.4 is 5.32 Å². The molecule has 0 aliphatic carbocycles. The van der Waals surface area contributed by atoms with E-state index in [1.54, 1.807) is 0 Å². The summed E-state index contributed by atoms with van der Waals surface area (Å²) < 4.78 is 2.08. The zero-order valence-electron chi connectivity index (χ0n) is 11.2. The summed E-state index contributed by atoms with van der Waals surface area (Å²) in [6.45, 7) is 2.04. The zero-order valence-corrected chi connectivity index (χ0v) is 11.2. The molecule has 1 atom stereocenters. The van der Waals surface area contributed by atoms with Crippen molar-refractivity contribution in [2.24, 2.45) is 0 Å². The maximum Gasteiger partial charge on any atom is 0.147 e. The van der Waals surface area contributed by atoms with Gasteiger partial charge in [0.2, 0.25) is 0 Å². The Kier molecular flexibility index (Phi) is 2.39. The number of hydrogen-bond donors (Lipinski definition) is 1. The number of rotatable bonds is 1. The number of aromatic nitrogens is 2. The van der Waals surface area contributed by atoms with Gasteiger partial charge in [-0.1, -0.05) is 48.5 Å². The summed E-state index contributed by atoms with van der Waals surface area (Å²) in [7, 11) is 0. The standard InChI is InChI=1S/C17H15N3/c1-12-11-16-14-9-5-6-10-15(14)18-17(20(16)19-12)13-7-3-2-4-8-13/h2-11,17-18H,1H3/t17-/m0/s1. The number of nitrogens with one attached hydrogen (secondary N) is 1. The van der Waals surface area contributed by atoms with E-state index in [4.69, 9.17) is 0 Å². The summed E-state index contributed by atoms with van der Waals surface area (Å²) in [6, 6.07) is 21.0. The molecule has 1 aromatic heterocycles.